The number of nitrogens with two attached hydrogens (primary N) is 1. The number of anilines is 1. The minimum atomic E-state index is -1.12. The quantitative estimate of drug-likeness (QED) is 0.737. The van der Waals surface area contributed by atoms with Crippen LogP contribution in [-0.2, 0) is 6.54 Å². The van der Waals surface area contributed by atoms with E-state index in [0.29, 0.717) is 18.2 Å². The average Bonchev–Trinajstić information content (AvgIpc) is 3.03. The first kappa shape index (κ1) is 18.2. The van der Waals surface area contributed by atoms with Crippen LogP contribution in [-0.4, -0.2) is 44.8 Å². The topological polar surface area (TPSA) is 96.7 Å². The number of halogens is 3. The van der Waals surface area contributed by atoms with Gasteiger partial charge in [-0.05, 0) is 6.42 Å². The van der Waals surface area contributed by atoms with Crippen LogP contribution < -0.4 is 10.6 Å². The fourth-order valence-electron chi connectivity index (χ4n) is 3.36. The van der Waals surface area contributed by atoms with Crippen LogP contribution in [0.25, 0.3) is 11.0 Å². The van der Waals surface area contributed by atoms with Crippen molar-refractivity contribution in [2.24, 2.45) is 5.73 Å². The number of hydrogen-bond donors (Lipinski definition) is 1. The lowest BCUT2D eigenvalue weighted by Gasteiger charge is -2.34. The fourth-order valence-corrected chi connectivity index (χ4v) is 3.36. The first-order valence-electron chi connectivity index (χ1n) is 8.67. The Morgan fingerprint density at radius 2 is 2.07 bits per heavy atom. The summed E-state index contributed by atoms with van der Waals surface area (Å²) in [5, 5.41) is 8.85. The Balaban J connectivity index is 1.80. The molecule has 4 rings (SSSR count). The minimum Gasteiger partial charge on any atom is -0.340 e. The van der Waals surface area contributed by atoms with E-state index in [1.165, 1.54) is 12.4 Å². The van der Waals surface area contributed by atoms with E-state index >= 15 is 0 Å². The molecule has 0 radical (unpaired) electrons. The zero-order valence-electron chi connectivity index (χ0n) is 14.7. The van der Waals surface area contributed by atoms with Gasteiger partial charge in [-0.25, -0.2) is 23.1 Å². The first-order chi connectivity index (χ1) is 13.5. The number of hydrogen-bond acceptors (Lipinski definition) is 6. The second-order valence-electron chi connectivity index (χ2n) is 6.67. The van der Waals surface area contributed by atoms with E-state index in [1.54, 1.807) is 9.47 Å². The molecule has 0 unspecified atom stereocenters. The molecule has 0 bridgehead atoms. The third-order valence-corrected chi connectivity index (χ3v) is 4.73. The predicted molar refractivity (Wildman–Crippen MR) is 95.2 cm³/mol. The average molecular weight is 387 g/mol. The SMILES string of the molecule is N#Cc1cnc(Cn2c(N3CC[C@@H](F)[C@H](N)C3)nc3cc(F)cc(F)c32)cn1. The van der Waals surface area contributed by atoms with Crippen LogP contribution in [0.4, 0.5) is 19.1 Å². The van der Waals surface area contributed by atoms with Crippen LogP contribution in [0.3, 0.4) is 0 Å². The van der Waals surface area contributed by atoms with Gasteiger partial charge in [0.2, 0.25) is 5.95 Å². The Kier molecular flexibility index (Phi) is 4.60. The largest absolute Gasteiger partial charge is 0.340 e. The minimum absolute atomic E-state index is 0.0951. The molecule has 1 aliphatic heterocycles. The zero-order valence-corrected chi connectivity index (χ0v) is 14.7. The lowest BCUT2D eigenvalue weighted by Crippen LogP contribution is -2.50. The summed E-state index contributed by atoms with van der Waals surface area (Å²) in [7, 11) is 0. The molecule has 0 spiro atoms. The molecule has 1 saturated heterocycles. The van der Waals surface area contributed by atoms with Gasteiger partial charge in [-0.15, -0.1) is 0 Å². The van der Waals surface area contributed by atoms with Gasteiger partial charge >= 0.3 is 0 Å². The van der Waals surface area contributed by atoms with Crippen LogP contribution in [0.1, 0.15) is 17.8 Å². The molecule has 2 atom stereocenters. The number of alkyl halides is 1. The maximum Gasteiger partial charge on any atom is 0.207 e. The molecule has 28 heavy (non-hydrogen) atoms. The molecule has 3 aromatic rings. The third kappa shape index (κ3) is 3.25. The van der Waals surface area contributed by atoms with E-state index < -0.39 is 23.8 Å². The van der Waals surface area contributed by atoms with Crippen molar-refractivity contribution in [1.82, 2.24) is 19.5 Å². The smallest absolute Gasteiger partial charge is 0.207 e. The van der Waals surface area contributed by atoms with Crippen molar-refractivity contribution in [2.75, 3.05) is 18.0 Å². The Morgan fingerprint density at radius 1 is 1.25 bits per heavy atom. The number of fused-ring (bicyclic) bond motifs is 1. The maximum absolute atomic E-state index is 14.6. The summed E-state index contributed by atoms with van der Waals surface area (Å²) in [4.78, 5) is 14.3. The number of benzene rings is 1. The molecule has 7 nitrogen and oxygen atoms in total. The van der Waals surface area contributed by atoms with Crippen LogP contribution in [0.2, 0.25) is 0 Å². The summed E-state index contributed by atoms with van der Waals surface area (Å²) in [5.41, 5.74) is 6.72. The summed E-state index contributed by atoms with van der Waals surface area (Å²) in [6.45, 7) is 0.646. The van der Waals surface area contributed by atoms with Gasteiger partial charge in [0.25, 0.3) is 0 Å². The molecule has 1 aromatic carbocycles. The predicted octanol–water partition coefficient (Wildman–Crippen LogP) is 1.90. The molecule has 144 valence electrons. The van der Waals surface area contributed by atoms with Crippen molar-refractivity contribution >= 4 is 17.0 Å². The highest BCUT2D eigenvalue weighted by molar-refractivity contribution is 5.80. The number of aromatic nitrogens is 4. The van der Waals surface area contributed by atoms with E-state index in [2.05, 4.69) is 15.0 Å². The van der Waals surface area contributed by atoms with Crippen LogP contribution in [0, 0.1) is 23.0 Å². The second-order valence-corrected chi connectivity index (χ2v) is 6.67. The van der Waals surface area contributed by atoms with Crippen molar-refractivity contribution in [3.05, 3.63) is 47.5 Å². The van der Waals surface area contributed by atoms with Gasteiger partial charge in [-0.2, -0.15) is 5.26 Å². The molecule has 0 aliphatic carbocycles. The molecule has 2 aromatic heterocycles. The van der Waals surface area contributed by atoms with Gasteiger partial charge in [0.15, 0.2) is 11.5 Å². The van der Waals surface area contributed by atoms with Gasteiger partial charge in [0.1, 0.15) is 23.6 Å². The van der Waals surface area contributed by atoms with Crippen LogP contribution in [0.5, 0.6) is 0 Å². The lowest BCUT2D eigenvalue weighted by atomic mass is 10.1. The number of nitrogens with zero attached hydrogens (tertiary/aromatic N) is 6. The molecule has 0 amide bonds. The molecule has 2 N–H and O–H groups in total. The van der Waals surface area contributed by atoms with E-state index in [1.807, 2.05) is 6.07 Å². The molecule has 1 fully saturated rings. The second kappa shape index (κ2) is 7.09. The number of imidazole rings is 1. The number of nitriles is 1. The van der Waals surface area contributed by atoms with E-state index in [0.717, 1.165) is 12.1 Å². The summed E-state index contributed by atoms with van der Waals surface area (Å²) in [6, 6.07) is 3.11. The summed E-state index contributed by atoms with van der Waals surface area (Å²) in [6.07, 6.45) is 1.83. The first-order valence-corrected chi connectivity index (χ1v) is 8.67. The summed E-state index contributed by atoms with van der Waals surface area (Å²) >= 11 is 0. The standard InChI is InChI=1S/C18H16F3N7/c19-10-3-14(21)17-16(4-10)26-18(27-2-1-13(20)15(23)9-27)28(17)8-12-7-24-11(5-22)6-25-12/h3-4,6-7,13,15H,1-2,8-9,23H2/t13-,15-/m1/s1. The molecular formula is C18H16F3N7. The van der Waals surface area contributed by atoms with Crippen molar-refractivity contribution in [3.8, 4) is 6.07 Å². The fraction of sp³-hybridized carbons (Fsp3) is 0.333. The number of rotatable bonds is 3. The molecule has 10 heteroatoms. The highest BCUT2D eigenvalue weighted by Gasteiger charge is 2.30. The van der Waals surface area contributed by atoms with E-state index in [-0.39, 0.29) is 36.2 Å². The Bertz CT molecular complexity index is 1060. The van der Waals surface area contributed by atoms with Crippen LogP contribution >= 0.6 is 0 Å². The van der Waals surface area contributed by atoms with Crippen molar-refractivity contribution in [1.29, 1.82) is 5.26 Å². The van der Waals surface area contributed by atoms with E-state index in [9.17, 15) is 13.2 Å². The Labute approximate surface area is 158 Å². The van der Waals surface area contributed by atoms with Crippen molar-refractivity contribution in [3.63, 3.8) is 0 Å². The molecular weight excluding hydrogens is 371 g/mol. The van der Waals surface area contributed by atoms with Gasteiger partial charge in [-0.1, -0.05) is 0 Å². The monoisotopic (exact) mass is 387 g/mol. The van der Waals surface area contributed by atoms with Crippen molar-refractivity contribution < 1.29 is 13.2 Å². The van der Waals surface area contributed by atoms with Crippen LogP contribution in [0.15, 0.2) is 24.5 Å². The van der Waals surface area contributed by atoms with Gasteiger partial charge in [-0.3, -0.25) is 4.98 Å². The van der Waals surface area contributed by atoms with Gasteiger partial charge < -0.3 is 15.2 Å². The summed E-state index contributed by atoms with van der Waals surface area (Å²) in [5.74, 6) is -1.15. The highest BCUT2D eigenvalue weighted by Crippen LogP contribution is 2.29. The molecule has 3 heterocycles. The van der Waals surface area contributed by atoms with Gasteiger partial charge in [0.05, 0.1) is 36.2 Å². The number of piperidine rings is 1. The maximum atomic E-state index is 14.6. The highest BCUT2D eigenvalue weighted by atomic mass is 19.1. The molecule has 1 aliphatic rings. The molecule has 0 saturated carbocycles. The van der Waals surface area contributed by atoms with Gasteiger partial charge in [0, 0.05) is 25.2 Å². The normalized spacial score (nSPS) is 19.8. The van der Waals surface area contributed by atoms with Crippen molar-refractivity contribution in [2.45, 2.75) is 25.2 Å². The lowest BCUT2D eigenvalue weighted by molar-refractivity contribution is 0.243. The summed E-state index contributed by atoms with van der Waals surface area (Å²) < 4.78 is 43.6. The van der Waals surface area contributed by atoms with E-state index in [4.69, 9.17) is 11.0 Å². The zero-order chi connectivity index (χ0) is 19.8. The Morgan fingerprint density at radius 3 is 2.75 bits per heavy atom. The Hall–Kier alpha value is -3.19. The third-order valence-electron chi connectivity index (χ3n) is 4.73.